The van der Waals surface area contributed by atoms with Crippen LogP contribution >= 0.6 is 23.2 Å². The van der Waals surface area contributed by atoms with Crippen LogP contribution in [0.15, 0.2) is 42.5 Å². The quantitative estimate of drug-likeness (QED) is 0.775. The van der Waals surface area contributed by atoms with E-state index in [9.17, 15) is 9.59 Å². The zero-order valence-electron chi connectivity index (χ0n) is 11.8. The molecule has 0 radical (unpaired) electrons. The summed E-state index contributed by atoms with van der Waals surface area (Å²) >= 11 is 11.8. The second-order valence-corrected chi connectivity index (χ2v) is 5.87. The number of rotatable bonds is 5. The van der Waals surface area contributed by atoms with Crippen LogP contribution in [-0.4, -0.2) is 16.9 Å². The Hall–Kier alpha value is -1.84. The minimum atomic E-state index is -1.22. The van der Waals surface area contributed by atoms with Gasteiger partial charge in [0.2, 0.25) is 0 Å². The standard InChI is InChI=1S/C17H14Cl2O3/c1-10(11-5-3-2-4-6-11)7-15(20)12-8-13(18)16(17(21)22)14(19)9-12/h2-6,8-10H,7H2,1H3,(H,21,22)/t10-/m1/s1. The van der Waals surface area contributed by atoms with Crippen LogP contribution < -0.4 is 0 Å². The van der Waals surface area contributed by atoms with Gasteiger partial charge in [0, 0.05) is 12.0 Å². The largest absolute Gasteiger partial charge is 0.478 e. The molecule has 0 bridgehead atoms. The van der Waals surface area contributed by atoms with E-state index in [4.69, 9.17) is 28.3 Å². The van der Waals surface area contributed by atoms with Crippen LogP contribution in [0, 0.1) is 0 Å². The van der Waals surface area contributed by atoms with Crippen molar-refractivity contribution >= 4 is 35.0 Å². The Bertz CT molecular complexity index is 688. The minimum Gasteiger partial charge on any atom is -0.478 e. The van der Waals surface area contributed by atoms with Crippen LogP contribution in [0.4, 0.5) is 0 Å². The predicted molar refractivity (Wildman–Crippen MR) is 87.2 cm³/mol. The van der Waals surface area contributed by atoms with Crippen molar-refractivity contribution in [2.24, 2.45) is 0 Å². The maximum absolute atomic E-state index is 12.3. The number of ketones is 1. The van der Waals surface area contributed by atoms with Gasteiger partial charge in [0.05, 0.1) is 15.6 Å². The van der Waals surface area contributed by atoms with E-state index in [0.717, 1.165) is 5.56 Å². The third kappa shape index (κ3) is 3.67. The predicted octanol–water partition coefficient (Wildman–Crippen LogP) is 5.07. The molecule has 0 spiro atoms. The van der Waals surface area contributed by atoms with Gasteiger partial charge in [0.1, 0.15) is 0 Å². The van der Waals surface area contributed by atoms with Gasteiger partial charge in [-0.25, -0.2) is 4.79 Å². The van der Waals surface area contributed by atoms with Gasteiger partial charge < -0.3 is 5.11 Å². The maximum atomic E-state index is 12.3. The number of carbonyl (C=O) groups is 2. The summed E-state index contributed by atoms with van der Waals surface area (Å²) in [7, 11) is 0. The molecule has 0 aliphatic carbocycles. The summed E-state index contributed by atoms with van der Waals surface area (Å²) in [6.45, 7) is 1.96. The van der Waals surface area contributed by atoms with E-state index >= 15 is 0 Å². The Morgan fingerprint density at radius 3 is 2.14 bits per heavy atom. The normalized spacial score (nSPS) is 12.0. The number of benzene rings is 2. The molecule has 114 valence electrons. The monoisotopic (exact) mass is 336 g/mol. The van der Waals surface area contributed by atoms with E-state index in [2.05, 4.69) is 0 Å². The third-order valence-corrected chi connectivity index (χ3v) is 4.03. The number of aromatic carboxylic acids is 1. The number of halogens is 2. The van der Waals surface area contributed by atoms with Gasteiger partial charge in [-0.2, -0.15) is 0 Å². The Morgan fingerprint density at radius 2 is 1.64 bits per heavy atom. The van der Waals surface area contributed by atoms with Gasteiger partial charge in [0.25, 0.3) is 0 Å². The van der Waals surface area contributed by atoms with Gasteiger partial charge in [-0.05, 0) is 23.6 Å². The maximum Gasteiger partial charge on any atom is 0.338 e. The number of carboxylic acid groups (broad SMARTS) is 1. The fraction of sp³-hybridized carbons (Fsp3) is 0.176. The summed E-state index contributed by atoms with van der Waals surface area (Å²) in [6.07, 6.45) is 0.295. The molecule has 5 heteroatoms. The number of carboxylic acids is 1. The molecule has 0 saturated heterocycles. The zero-order chi connectivity index (χ0) is 16.3. The topological polar surface area (TPSA) is 54.4 Å². The molecule has 2 rings (SSSR count). The van der Waals surface area contributed by atoms with Gasteiger partial charge in [-0.15, -0.1) is 0 Å². The van der Waals surface area contributed by atoms with E-state index in [1.54, 1.807) is 0 Å². The average molecular weight is 337 g/mol. The number of hydrogen-bond acceptors (Lipinski definition) is 2. The summed E-state index contributed by atoms with van der Waals surface area (Å²) in [5.41, 5.74) is 1.20. The van der Waals surface area contributed by atoms with Gasteiger partial charge in [-0.1, -0.05) is 60.5 Å². The molecule has 0 aromatic heterocycles. The van der Waals surface area contributed by atoms with Crippen LogP contribution in [0.5, 0.6) is 0 Å². The lowest BCUT2D eigenvalue weighted by atomic mass is 9.93. The molecular formula is C17H14Cl2O3. The average Bonchev–Trinajstić information content (AvgIpc) is 2.46. The van der Waals surface area contributed by atoms with Crippen molar-refractivity contribution in [3.8, 4) is 0 Å². The van der Waals surface area contributed by atoms with Crippen LogP contribution in [0.25, 0.3) is 0 Å². The number of Topliss-reactive ketones (excluding diaryl/α,β-unsaturated/α-hetero) is 1. The lowest BCUT2D eigenvalue weighted by molar-refractivity contribution is 0.0696. The van der Waals surface area contributed by atoms with E-state index in [1.165, 1.54) is 12.1 Å². The fourth-order valence-electron chi connectivity index (χ4n) is 2.23. The van der Waals surface area contributed by atoms with Crippen LogP contribution in [0.3, 0.4) is 0 Å². The summed E-state index contributed by atoms with van der Waals surface area (Å²) in [5.74, 6) is -1.30. The summed E-state index contributed by atoms with van der Waals surface area (Å²) < 4.78 is 0. The Balaban J connectivity index is 2.22. The molecule has 3 nitrogen and oxygen atoms in total. The molecule has 1 N–H and O–H groups in total. The second-order valence-electron chi connectivity index (χ2n) is 5.06. The van der Waals surface area contributed by atoms with Crippen molar-refractivity contribution in [1.29, 1.82) is 0 Å². The first-order chi connectivity index (χ1) is 10.4. The summed E-state index contributed by atoms with van der Waals surface area (Å²) in [4.78, 5) is 23.4. The van der Waals surface area contributed by atoms with Crippen molar-refractivity contribution < 1.29 is 14.7 Å². The van der Waals surface area contributed by atoms with Crippen molar-refractivity contribution in [3.05, 3.63) is 69.2 Å². The molecule has 0 aliphatic heterocycles. The first-order valence-electron chi connectivity index (χ1n) is 6.70. The van der Waals surface area contributed by atoms with Crippen molar-refractivity contribution in [1.82, 2.24) is 0 Å². The van der Waals surface area contributed by atoms with E-state index in [1.807, 2.05) is 37.3 Å². The Labute approximate surface area is 138 Å². The van der Waals surface area contributed by atoms with E-state index in [-0.39, 0.29) is 27.3 Å². The summed E-state index contributed by atoms with van der Waals surface area (Å²) in [6, 6.07) is 12.4. The Morgan fingerprint density at radius 1 is 1.09 bits per heavy atom. The zero-order valence-corrected chi connectivity index (χ0v) is 13.4. The van der Waals surface area contributed by atoms with Gasteiger partial charge in [-0.3, -0.25) is 4.79 Å². The highest BCUT2D eigenvalue weighted by atomic mass is 35.5. The molecule has 0 fully saturated rings. The smallest absolute Gasteiger partial charge is 0.338 e. The minimum absolute atomic E-state index is 0.0317. The summed E-state index contributed by atoms with van der Waals surface area (Å²) in [5, 5.41) is 8.95. The molecule has 0 saturated carbocycles. The highest BCUT2D eigenvalue weighted by Gasteiger charge is 2.19. The molecule has 2 aromatic rings. The van der Waals surface area contributed by atoms with Crippen molar-refractivity contribution in [3.63, 3.8) is 0 Å². The molecule has 1 atom stereocenters. The fourth-order valence-corrected chi connectivity index (χ4v) is 2.88. The highest BCUT2D eigenvalue weighted by Crippen LogP contribution is 2.29. The third-order valence-electron chi connectivity index (χ3n) is 3.44. The highest BCUT2D eigenvalue weighted by molar-refractivity contribution is 6.39. The number of hydrogen-bond donors (Lipinski definition) is 1. The van der Waals surface area contributed by atoms with Gasteiger partial charge in [0.15, 0.2) is 5.78 Å². The van der Waals surface area contributed by atoms with Gasteiger partial charge >= 0.3 is 5.97 Å². The lowest BCUT2D eigenvalue weighted by Gasteiger charge is -2.12. The molecule has 0 unspecified atom stereocenters. The molecule has 0 heterocycles. The van der Waals surface area contributed by atoms with Crippen molar-refractivity contribution in [2.45, 2.75) is 19.3 Å². The molecular weight excluding hydrogens is 323 g/mol. The Kier molecular flexibility index (Phi) is 5.22. The second kappa shape index (κ2) is 6.95. The van der Waals surface area contributed by atoms with Crippen LogP contribution in [0.2, 0.25) is 10.0 Å². The van der Waals surface area contributed by atoms with E-state index < -0.39 is 5.97 Å². The molecule has 22 heavy (non-hydrogen) atoms. The van der Waals surface area contributed by atoms with Crippen molar-refractivity contribution in [2.75, 3.05) is 0 Å². The van der Waals surface area contributed by atoms with E-state index in [0.29, 0.717) is 12.0 Å². The SMILES string of the molecule is C[C@H](CC(=O)c1cc(Cl)c(C(=O)O)c(Cl)c1)c1ccccc1. The number of carbonyl (C=O) groups excluding carboxylic acids is 1. The molecule has 0 amide bonds. The first-order valence-corrected chi connectivity index (χ1v) is 7.46. The molecule has 0 aliphatic rings. The lowest BCUT2D eigenvalue weighted by Crippen LogP contribution is -2.07. The first kappa shape index (κ1) is 16.5. The van der Waals surface area contributed by atoms with Crippen LogP contribution in [-0.2, 0) is 0 Å². The van der Waals surface area contributed by atoms with Crippen LogP contribution in [0.1, 0.15) is 45.5 Å². The molecule has 2 aromatic carbocycles.